The van der Waals surface area contributed by atoms with E-state index in [2.05, 4.69) is 20.4 Å². The molecule has 4 rings (SSSR count). The molecule has 2 amide bonds. The number of hydrogen-bond donors (Lipinski definition) is 3. The molecule has 0 aliphatic heterocycles. The molecule has 1 fully saturated rings. The van der Waals surface area contributed by atoms with Gasteiger partial charge in [-0.15, -0.1) is 13.2 Å². The molecule has 1 unspecified atom stereocenters. The summed E-state index contributed by atoms with van der Waals surface area (Å²) >= 11 is 0. The van der Waals surface area contributed by atoms with Gasteiger partial charge in [0, 0.05) is 29.4 Å². The van der Waals surface area contributed by atoms with E-state index in [9.17, 15) is 22.8 Å². The van der Waals surface area contributed by atoms with Crippen LogP contribution in [-0.2, 0) is 11.2 Å². The smallest absolute Gasteiger partial charge is 0.406 e. The molecule has 1 saturated carbocycles. The fourth-order valence-corrected chi connectivity index (χ4v) is 3.25. The third kappa shape index (κ3) is 5.56. The third-order valence-corrected chi connectivity index (χ3v) is 4.90. The van der Waals surface area contributed by atoms with Crippen LogP contribution in [0.15, 0.2) is 54.6 Å². The highest BCUT2D eigenvalue weighted by atomic mass is 19.4. The molecule has 6 nitrogen and oxygen atoms in total. The number of amides is 2. The van der Waals surface area contributed by atoms with Crippen LogP contribution in [0, 0.1) is 0 Å². The average molecular weight is 431 g/mol. The van der Waals surface area contributed by atoms with Gasteiger partial charge < -0.3 is 20.4 Å². The van der Waals surface area contributed by atoms with Gasteiger partial charge in [-0.05, 0) is 36.6 Å². The molecule has 0 spiro atoms. The van der Waals surface area contributed by atoms with Crippen molar-refractivity contribution in [3.8, 4) is 5.75 Å². The highest BCUT2D eigenvalue weighted by molar-refractivity contribution is 6.00. The number of carbonyl (C=O) groups is 2. The lowest BCUT2D eigenvalue weighted by Crippen LogP contribution is -2.48. The van der Waals surface area contributed by atoms with Gasteiger partial charge in [0.15, 0.2) is 0 Å². The van der Waals surface area contributed by atoms with E-state index in [1.165, 1.54) is 24.3 Å². The van der Waals surface area contributed by atoms with Crippen LogP contribution in [0.5, 0.6) is 5.75 Å². The summed E-state index contributed by atoms with van der Waals surface area (Å²) < 4.78 is 41.2. The summed E-state index contributed by atoms with van der Waals surface area (Å²) in [6, 6.07) is 13.9. The molecule has 31 heavy (non-hydrogen) atoms. The van der Waals surface area contributed by atoms with Crippen molar-refractivity contribution in [1.29, 1.82) is 0 Å². The molecular weight excluding hydrogens is 411 g/mol. The Balaban J connectivity index is 1.51. The summed E-state index contributed by atoms with van der Waals surface area (Å²) in [4.78, 5) is 28.2. The Morgan fingerprint density at radius 1 is 1.10 bits per heavy atom. The van der Waals surface area contributed by atoms with Crippen LogP contribution in [0.4, 0.5) is 13.2 Å². The Hall–Kier alpha value is -3.49. The van der Waals surface area contributed by atoms with E-state index < -0.39 is 18.3 Å². The van der Waals surface area contributed by atoms with Crippen molar-refractivity contribution in [2.24, 2.45) is 0 Å². The van der Waals surface area contributed by atoms with E-state index >= 15 is 0 Å². The first-order valence-electron chi connectivity index (χ1n) is 9.80. The summed E-state index contributed by atoms with van der Waals surface area (Å²) in [6.07, 6.45) is -2.65. The van der Waals surface area contributed by atoms with Crippen LogP contribution in [0.3, 0.4) is 0 Å². The van der Waals surface area contributed by atoms with Gasteiger partial charge in [0.1, 0.15) is 17.5 Å². The molecule has 1 atom stereocenters. The Kier molecular flexibility index (Phi) is 5.58. The molecule has 1 aliphatic rings. The Labute approximate surface area is 175 Å². The molecule has 2 aromatic carbocycles. The van der Waals surface area contributed by atoms with Gasteiger partial charge in [0.25, 0.3) is 5.91 Å². The highest BCUT2D eigenvalue weighted by Crippen LogP contribution is 2.27. The Morgan fingerprint density at radius 2 is 1.84 bits per heavy atom. The molecule has 3 N–H and O–H groups in total. The van der Waals surface area contributed by atoms with Crippen LogP contribution in [-0.4, -0.2) is 35.2 Å². The number of aromatic amines is 1. The standard InChI is InChI=1S/C22H20F3N3O3/c23-22(24,25)31-16-9-6-14-11-19(27-17(14)12-16)21(30)28-18(20(29)26-15-7-8-15)10-13-4-2-1-3-5-13/h1-6,9,11-12,15,18,27H,7-8,10H2,(H,26,29)(H,28,30). The van der Waals surface area contributed by atoms with Crippen molar-refractivity contribution in [3.05, 3.63) is 65.9 Å². The van der Waals surface area contributed by atoms with Gasteiger partial charge in [0.2, 0.25) is 5.91 Å². The first-order valence-corrected chi connectivity index (χ1v) is 9.80. The lowest BCUT2D eigenvalue weighted by Gasteiger charge is -2.18. The number of hydrogen-bond acceptors (Lipinski definition) is 3. The number of nitrogens with one attached hydrogen (secondary N) is 3. The minimum absolute atomic E-state index is 0.136. The van der Waals surface area contributed by atoms with Crippen LogP contribution in [0.2, 0.25) is 0 Å². The summed E-state index contributed by atoms with van der Waals surface area (Å²) in [7, 11) is 0. The zero-order chi connectivity index (χ0) is 22.0. The van der Waals surface area contributed by atoms with Crippen LogP contribution < -0.4 is 15.4 Å². The molecule has 0 bridgehead atoms. The molecule has 1 aliphatic carbocycles. The number of halogens is 3. The van der Waals surface area contributed by atoms with Gasteiger partial charge in [0.05, 0.1) is 0 Å². The van der Waals surface area contributed by atoms with Gasteiger partial charge in [-0.1, -0.05) is 30.3 Å². The van der Waals surface area contributed by atoms with Gasteiger partial charge in [-0.25, -0.2) is 0 Å². The maximum Gasteiger partial charge on any atom is 0.573 e. The topological polar surface area (TPSA) is 83.2 Å². The van der Waals surface area contributed by atoms with Crippen LogP contribution in [0.25, 0.3) is 10.9 Å². The third-order valence-electron chi connectivity index (χ3n) is 4.90. The predicted octanol–water partition coefficient (Wildman–Crippen LogP) is 3.69. The van der Waals surface area contributed by atoms with Crippen molar-refractivity contribution in [1.82, 2.24) is 15.6 Å². The Bertz CT molecular complexity index is 1090. The molecular formula is C22H20F3N3O3. The number of ether oxygens (including phenoxy) is 1. The van der Waals surface area contributed by atoms with E-state index in [0.29, 0.717) is 17.3 Å². The lowest BCUT2D eigenvalue weighted by atomic mass is 10.0. The van der Waals surface area contributed by atoms with E-state index in [0.717, 1.165) is 18.4 Å². The molecule has 9 heteroatoms. The molecule has 1 aromatic heterocycles. The average Bonchev–Trinajstić information content (AvgIpc) is 3.42. The normalized spacial score (nSPS) is 14.8. The van der Waals surface area contributed by atoms with E-state index in [1.54, 1.807) is 0 Å². The van der Waals surface area contributed by atoms with Crippen LogP contribution in [0.1, 0.15) is 28.9 Å². The second kappa shape index (κ2) is 8.33. The molecule has 1 heterocycles. The lowest BCUT2D eigenvalue weighted by molar-refractivity contribution is -0.274. The van der Waals surface area contributed by atoms with Crippen molar-refractivity contribution in [2.75, 3.05) is 0 Å². The molecule has 0 radical (unpaired) electrons. The summed E-state index contributed by atoms with van der Waals surface area (Å²) in [6.45, 7) is 0. The number of benzene rings is 2. The minimum atomic E-state index is -4.81. The maximum atomic E-state index is 12.8. The van der Waals surface area contributed by atoms with Gasteiger partial charge in [-0.3, -0.25) is 9.59 Å². The minimum Gasteiger partial charge on any atom is -0.406 e. The van der Waals surface area contributed by atoms with E-state index in [1.807, 2.05) is 30.3 Å². The van der Waals surface area contributed by atoms with Crippen molar-refractivity contribution >= 4 is 22.7 Å². The van der Waals surface area contributed by atoms with Crippen molar-refractivity contribution in [2.45, 2.75) is 37.7 Å². The fourth-order valence-electron chi connectivity index (χ4n) is 3.25. The molecule has 162 valence electrons. The zero-order valence-corrected chi connectivity index (χ0v) is 16.3. The largest absolute Gasteiger partial charge is 0.573 e. The number of carbonyl (C=O) groups excluding carboxylic acids is 2. The quantitative estimate of drug-likeness (QED) is 0.534. The Morgan fingerprint density at radius 3 is 2.52 bits per heavy atom. The van der Waals surface area contributed by atoms with Crippen molar-refractivity contribution in [3.63, 3.8) is 0 Å². The van der Waals surface area contributed by atoms with Gasteiger partial charge in [-0.2, -0.15) is 0 Å². The number of rotatable bonds is 7. The first kappa shape index (κ1) is 20.8. The second-order valence-corrected chi connectivity index (χ2v) is 7.48. The molecule has 3 aromatic rings. The zero-order valence-electron chi connectivity index (χ0n) is 16.3. The summed E-state index contributed by atoms with van der Waals surface area (Å²) in [5.41, 5.74) is 1.34. The summed E-state index contributed by atoms with van der Waals surface area (Å²) in [5.74, 6) is -1.18. The van der Waals surface area contributed by atoms with E-state index in [-0.39, 0.29) is 23.4 Å². The highest BCUT2D eigenvalue weighted by Gasteiger charge is 2.31. The van der Waals surface area contributed by atoms with Gasteiger partial charge >= 0.3 is 6.36 Å². The number of fused-ring (bicyclic) bond motifs is 1. The van der Waals surface area contributed by atoms with Crippen molar-refractivity contribution < 1.29 is 27.5 Å². The van der Waals surface area contributed by atoms with E-state index in [4.69, 9.17) is 0 Å². The number of H-pyrrole nitrogens is 1. The second-order valence-electron chi connectivity index (χ2n) is 7.48. The number of alkyl halides is 3. The fraction of sp³-hybridized carbons (Fsp3) is 0.273. The monoisotopic (exact) mass is 431 g/mol. The number of aromatic nitrogens is 1. The first-order chi connectivity index (χ1) is 14.8. The summed E-state index contributed by atoms with van der Waals surface area (Å²) in [5, 5.41) is 6.18. The molecule has 0 saturated heterocycles. The SMILES string of the molecule is O=C(NC(Cc1ccccc1)C(=O)NC1CC1)c1cc2ccc(OC(F)(F)F)cc2[nH]1. The maximum absolute atomic E-state index is 12.8. The predicted molar refractivity (Wildman–Crippen MR) is 108 cm³/mol. The van der Waals surface area contributed by atoms with Crippen LogP contribution >= 0.6 is 0 Å².